The van der Waals surface area contributed by atoms with E-state index in [-0.39, 0.29) is 11.3 Å². The van der Waals surface area contributed by atoms with E-state index >= 15 is 0 Å². The van der Waals surface area contributed by atoms with E-state index in [1.54, 1.807) is 31.4 Å². The lowest BCUT2D eigenvalue weighted by Gasteiger charge is -2.19. The van der Waals surface area contributed by atoms with Crippen molar-refractivity contribution in [1.29, 1.82) is 0 Å². The average molecular weight is 472 g/mol. The molecule has 0 bridgehead atoms. The molecular weight excluding hydrogens is 438 g/mol. The fraction of sp³-hybridized carbons (Fsp3) is 0.310. The van der Waals surface area contributed by atoms with Crippen LogP contribution in [0.4, 0.5) is 0 Å². The predicted octanol–water partition coefficient (Wildman–Crippen LogP) is 5.39. The summed E-state index contributed by atoms with van der Waals surface area (Å²) in [6, 6.07) is 23.5. The molecule has 0 saturated heterocycles. The Hall–Kier alpha value is -3.80. The van der Waals surface area contributed by atoms with Gasteiger partial charge < -0.3 is 19.4 Å². The van der Waals surface area contributed by atoms with Crippen molar-refractivity contribution in [2.45, 2.75) is 39.2 Å². The van der Waals surface area contributed by atoms with Crippen molar-refractivity contribution >= 4 is 16.9 Å². The standard InChI is InChI=1S/C29H33N3O3/c1-29(2,3)22-11-15-24(16-12-22)35-20-19-32-26-8-6-5-7-25(26)31-27(32)17-18-30-28(33)21-9-13-23(34-4)14-10-21/h5-16H,17-20H2,1-4H3,(H,30,33). The number of fused-ring (bicyclic) bond motifs is 1. The lowest BCUT2D eigenvalue weighted by atomic mass is 9.87. The van der Waals surface area contributed by atoms with Crippen LogP contribution in [0, 0.1) is 0 Å². The van der Waals surface area contributed by atoms with Crippen LogP contribution < -0.4 is 14.8 Å². The number of ether oxygens (including phenoxy) is 2. The fourth-order valence-corrected chi connectivity index (χ4v) is 4.00. The second-order valence-corrected chi connectivity index (χ2v) is 9.53. The van der Waals surface area contributed by atoms with Gasteiger partial charge in [-0.1, -0.05) is 45.0 Å². The maximum Gasteiger partial charge on any atom is 0.251 e. The third kappa shape index (κ3) is 6.01. The summed E-state index contributed by atoms with van der Waals surface area (Å²) in [6.45, 7) is 8.29. The van der Waals surface area contributed by atoms with Gasteiger partial charge in [0.05, 0.1) is 24.7 Å². The Bertz CT molecular complexity index is 1270. The number of imidazole rings is 1. The molecule has 0 atom stereocenters. The maximum absolute atomic E-state index is 12.5. The first-order valence-electron chi connectivity index (χ1n) is 11.9. The first kappa shape index (κ1) is 24.3. The Balaban J connectivity index is 1.39. The van der Waals surface area contributed by atoms with Gasteiger partial charge in [-0.3, -0.25) is 4.79 Å². The molecule has 0 aliphatic heterocycles. The van der Waals surface area contributed by atoms with Crippen molar-refractivity contribution in [2.24, 2.45) is 0 Å². The number of nitrogens with one attached hydrogen (secondary N) is 1. The van der Waals surface area contributed by atoms with E-state index in [0.29, 0.717) is 31.7 Å². The molecular formula is C29H33N3O3. The van der Waals surface area contributed by atoms with Crippen LogP contribution >= 0.6 is 0 Å². The molecule has 0 spiro atoms. The van der Waals surface area contributed by atoms with Gasteiger partial charge in [0.2, 0.25) is 0 Å². The molecule has 1 aromatic heterocycles. The molecule has 35 heavy (non-hydrogen) atoms. The summed E-state index contributed by atoms with van der Waals surface area (Å²) in [4.78, 5) is 17.3. The van der Waals surface area contributed by atoms with Crippen LogP contribution in [-0.2, 0) is 18.4 Å². The van der Waals surface area contributed by atoms with E-state index in [9.17, 15) is 4.79 Å². The van der Waals surface area contributed by atoms with Gasteiger partial charge in [0.1, 0.15) is 23.9 Å². The molecule has 0 aliphatic carbocycles. The van der Waals surface area contributed by atoms with Gasteiger partial charge in [-0.2, -0.15) is 0 Å². The van der Waals surface area contributed by atoms with Crippen molar-refractivity contribution < 1.29 is 14.3 Å². The van der Waals surface area contributed by atoms with E-state index in [2.05, 4.69) is 48.9 Å². The van der Waals surface area contributed by atoms with Gasteiger partial charge in [-0.15, -0.1) is 0 Å². The lowest BCUT2D eigenvalue weighted by molar-refractivity contribution is 0.0954. The molecule has 3 aromatic carbocycles. The van der Waals surface area contributed by atoms with Gasteiger partial charge in [0.25, 0.3) is 5.91 Å². The van der Waals surface area contributed by atoms with E-state index in [1.165, 1.54) is 5.56 Å². The molecule has 4 rings (SSSR count). The zero-order chi connectivity index (χ0) is 24.8. The number of rotatable bonds is 9. The summed E-state index contributed by atoms with van der Waals surface area (Å²) in [5.41, 5.74) is 4.01. The van der Waals surface area contributed by atoms with E-state index in [4.69, 9.17) is 14.5 Å². The number of benzene rings is 3. The Morgan fingerprint density at radius 1 is 0.943 bits per heavy atom. The van der Waals surface area contributed by atoms with Crippen LogP contribution in [0.25, 0.3) is 11.0 Å². The van der Waals surface area contributed by atoms with Crippen molar-refractivity contribution in [3.05, 3.63) is 89.7 Å². The van der Waals surface area contributed by atoms with Crippen LogP contribution in [0.2, 0.25) is 0 Å². The molecule has 182 valence electrons. The van der Waals surface area contributed by atoms with Crippen molar-refractivity contribution in [3.8, 4) is 11.5 Å². The number of nitrogens with zero attached hydrogens (tertiary/aromatic N) is 2. The van der Waals surface area contributed by atoms with Crippen molar-refractivity contribution in [3.63, 3.8) is 0 Å². The molecule has 1 heterocycles. The monoisotopic (exact) mass is 471 g/mol. The first-order chi connectivity index (χ1) is 16.8. The van der Waals surface area contributed by atoms with Crippen LogP contribution in [0.5, 0.6) is 11.5 Å². The summed E-state index contributed by atoms with van der Waals surface area (Å²) >= 11 is 0. The Morgan fingerprint density at radius 2 is 1.63 bits per heavy atom. The predicted molar refractivity (Wildman–Crippen MR) is 139 cm³/mol. The molecule has 6 nitrogen and oxygen atoms in total. The molecule has 1 amide bonds. The van der Waals surface area contributed by atoms with Crippen molar-refractivity contribution in [2.75, 3.05) is 20.3 Å². The third-order valence-electron chi connectivity index (χ3n) is 6.02. The largest absolute Gasteiger partial charge is 0.497 e. The van der Waals surface area contributed by atoms with Gasteiger partial charge in [-0.25, -0.2) is 4.98 Å². The topological polar surface area (TPSA) is 65.4 Å². The van der Waals surface area contributed by atoms with Gasteiger partial charge in [0.15, 0.2) is 0 Å². The first-order valence-corrected chi connectivity index (χ1v) is 11.9. The quantitative estimate of drug-likeness (QED) is 0.355. The number of methoxy groups -OCH3 is 1. The minimum absolute atomic E-state index is 0.114. The fourth-order valence-electron chi connectivity index (χ4n) is 4.00. The molecule has 4 aromatic rings. The Morgan fingerprint density at radius 3 is 2.31 bits per heavy atom. The summed E-state index contributed by atoms with van der Waals surface area (Å²) in [5, 5.41) is 2.99. The van der Waals surface area contributed by atoms with Gasteiger partial charge in [0, 0.05) is 18.5 Å². The van der Waals surface area contributed by atoms with E-state index in [0.717, 1.165) is 28.4 Å². The van der Waals surface area contributed by atoms with Crippen molar-refractivity contribution in [1.82, 2.24) is 14.9 Å². The number of amides is 1. The second kappa shape index (κ2) is 10.6. The summed E-state index contributed by atoms with van der Waals surface area (Å²) in [7, 11) is 1.61. The number of carbonyl (C=O) groups is 1. The summed E-state index contributed by atoms with van der Waals surface area (Å²) < 4.78 is 13.4. The zero-order valence-corrected chi connectivity index (χ0v) is 20.9. The minimum atomic E-state index is -0.114. The number of para-hydroxylation sites is 2. The molecule has 0 saturated carbocycles. The number of aromatic nitrogens is 2. The van der Waals surface area contributed by atoms with Crippen LogP contribution in [-0.4, -0.2) is 35.7 Å². The highest BCUT2D eigenvalue weighted by molar-refractivity contribution is 5.94. The van der Waals surface area contributed by atoms with Gasteiger partial charge >= 0.3 is 0 Å². The molecule has 0 aliphatic rings. The molecule has 0 unspecified atom stereocenters. The Kier molecular flexibility index (Phi) is 7.39. The number of hydrogen-bond donors (Lipinski definition) is 1. The molecule has 6 heteroatoms. The third-order valence-corrected chi connectivity index (χ3v) is 6.02. The highest BCUT2D eigenvalue weighted by Crippen LogP contribution is 2.24. The molecule has 0 radical (unpaired) electrons. The number of carbonyl (C=O) groups excluding carboxylic acids is 1. The van der Waals surface area contributed by atoms with E-state index in [1.807, 2.05) is 30.3 Å². The van der Waals surface area contributed by atoms with Crippen LogP contribution in [0.15, 0.2) is 72.8 Å². The van der Waals surface area contributed by atoms with Gasteiger partial charge in [-0.05, 0) is 59.5 Å². The summed E-state index contributed by atoms with van der Waals surface area (Å²) in [5.74, 6) is 2.39. The zero-order valence-electron chi connectivity index (χ0n) is 20.9. The highest BCUT2D eigenvalue weighted by Gasteiger charge is 2.14. The maximum atomic E-state index is 12.5. The van der Waals surface area contributed by atoms with Crippen LogP contribution in [0.1, 0.15) is 42.5 Å². The normalized spacial score (nSPS) is 11.4. The average Bonchev–Trinajstić information content (AvgIpc) is 3.21. The van der Waals surface area contributed by atoms with E-state index < -0.39 is 0 Å². The SMILES string of the molecule is COc1ccc(C(=O)NCCc2nc3ccccc3n2CCOc2ccc(C(C)(C)C)cc2)cc1. The minimum Gasteiger partial charge on any atom is -0.497 e. The van der Waals surface area contributed by atoms with Crippen LogP contribution in [0.3, 0.4) is 0 Å². The second-order valence-electron chi connectivity index (χ2n) is 9.53. The molecule has 0 fully saturated rings. The number of hydrogen-bond acceptors (Lipinski definition) is 4. The molecule has 1 N–H and O–H groups in total. The highest BCUT2D eigenvalue weighted by atomic mass is 16.5. The lowest BCUT2D eigenvalue weighted by Crippen LogP contribution is -2.26. The summed E-state index contributed by atoms with van der Waals surface area (Å²) in [6.07, 6.45) is 0.622. The smallest absolute Gasteiger partial charge is 0.251 e. The Labute approximate surface area is 206 Å².